The van der Waals surface area contributed by atoms with Crippen molar-refractivity contribution in [2.75, 3.05) is 11.9 Å². The minimum atomic E-state index is -0.533. The molecule has 4 aromatic rings. The fourth-order valence-electron chi connectivity index (χ4n) is 3.09. The molecular formula is C22H18N4O5. The van der Waals surface area contributed by atoms with Crippen molar-refractivity contribution in [3.8, 4) is 0 Å². The second kappa shape index (κ2) is 8.54. The van der Waals surface area contributed by atoms with E-state index in [1.807, 2.05) is 0 Å². The normalized spacial score (nSPS) is 10.7. The van der Waals surface area contributed by atoms with Crippen LogP contribution in [0.15, 0.2) is 80.9 Å². The van der Waals surface area contributed by atoms with Crippen molar-refractivity contribution in [2.24, 2.45) is 0 Å². The van der Waals surface area contributed by atoms with Crippen molar-refractivity contribution < 1.29 is 14.0 Å². The maximum absolute atomic E-state index is 12.5. The highest BCUT2D eigenvalue weighted by Crippen LogP contribution is 2.12. The Morgan fingerprint density at radius 3 is 2.45 bits per heavy atom. The van der Waals surface area contributed by atoms with Crippen LogP contribution in [0.3, 0.4) is 0 Å². The van der Waals surface area contributed by atoms with Crippen LogP contribution in [-0.4, -0.2) is 27.9 Å². The summed E-state index contributed by atoms with van der Waals surface area (Å²) in [4.78, 5) is 51.6. The summed E-state index contributed by atoms with van der Waals surface area (Å²) in [5.41, 5.74) is 0.403. The third kappa shape index (κ3) is 4.30. The number of carbonyl (C=O) groups is 2. The smallest absolute Gasteiger partial charge is 0.328 e. The van der Waals surface area contributed by atoms with Gasteiger partial charge in [0.1, 0.15) is 0 Å². The molecule has 0 spiro atoms. The van der Waals surface area contributed by atoms with Crippen LogP contribution in [-0.2, 0) is 6.54 Å². The maximum Gasteiger partial charge on any atom is 0.328 e. The van der Waals surface area contributed by atoms with Crippen molar-refractivity contribution in [1.82, 2.24) is 14.9 Å². The van der Waals surface area contributed by atoms with Gasteiger partial charge in [0, 0.05) is 24.3 Å². The molecule has 9 heteroatoms. The monoisotopic (exact) mass is 418 g/mol. The first-order chi connectivity index (χ1) is 15.0. The minimum absolute atomic E-state index is 0.0298. The number of furan rings is 1. The molecule has 2 aromatic carbocycles. The van der Waals surface area contributed by atoms with E-state index in [1.54, 1.807) is 60.7 Å². The number of hydrogen-bond donors (Lipinski definition) is 3. The zero-order valence-electron chi connectivity index (χ0n) is 16.3. The first-order valence-corrected chi connectivity index (χ1v) is 9.48. The van der Waals surface area contributed by atoms with Gasteiger partial charge in [-0.3, -0.25) is 19.0 Å². The molecule has 0 fully saturated rings. The molecule has 0 aliphatic heterocycles. The second-order valence-corrected chi connectivity index (χ2v) is 6.70. The highest BCUT2D eigenvalue weighted by atomic mass is 16.3. The summed E-state index contributed by atoms with van der Waals surface area (Å²) in [5.74, 6) is -0.580. The molecule has 0 aliphatic carbocycles. The van der Waals surface area contributed by atoms with Gasteiger partial charge in [0.05, 0.1) is 17.2 Å². The van der Waals surface area contributed by atoms with Gasteiger partial charge in [-0.1, -0.05) is 12.1 Å². The van der Waals surface area contributed by atoms with Gasteiger partial charge in [-0.15, -0.1) is 0 Å². The Bertz CT molecular complexity index is 1350. The quantitative estimate of drug-likeness (QED) is 0.441. The largest absolute Gasteiger partial charge is 0.459 e. The van der Waals surface area contributed by atoms with Crippen molar-refractivity contribution in [2.45, 2.75) is 6.54 Å². The van der Waals surface area contributed by atoms with E-state index in [2.05, 4.69) is 15.6 Å². The summed E-state index contributed by atoms with van der Waals surface area (Å²) < 4.78 is 6.08. The molecule has 0 saturated carbocycles. The molecule has 9 nitrogen and oxygen atoms in total. The number of para-hydroxylation sites is 1. The van der Waals surface area contributed by atoms with Crippen LogP contribution in [0.4, 0.5) is 5.69 Å². The molecule has 156 valence electrons. The number of carbonyl (C=O) groups excluding carboxylic acids is 2. The predicted molar refractivity (Wildman–Crippen MR) is 114 cm³/mol. The molecule has 2 aromatic heterocycles. The molecule has 0 radical (unpaired) electrons. The van der Waals surface area contributed by atoms with Crippen LogP contribution < -0.4 is 21.9 Å². The van der Waals surface area contributed by atoms with Crippen LogP contribution in [0.1, 0.15) is 20.9 Å². The molecule has 4 rings (SSSR count). The van der Waals surface area contributed by atoms with E-state index in [1.165, 1.54) is 6.26 Å². The molecule has 2 amide bonds. The summed E-state index contributed by atoms with van der Waals surface area (Å²) >= 11 is 0. The van der Waals surface area contributed by atoms with Gasteiger partial charge < -0.3 is 20.0 Å². The summed E-state index contributed by atoms with van der Waals surface area (Å²) in [5, 5.41) is 5.74. The number of benzene rings is 2. The van der Waals surface area contributed by atoms with Gasteiger partial charge in [0.25, 0.3) is 17.4 Å². The minimum Gasteiger partial charge on any atom is -0.459 e. The Hall–Kier alpha value is -4.40. The number of aromatic amines is 1. The molecule has 0 aliphatic rings. The SMILES string of the molecule is O=C(NCCn1c(=O)[nH]c2ccccc2c1=O)c1ccc(NC(=O)c2ccco2)cc1. The average molecular weight is 418 g/mol. The standard InChI is InChI=1S/C22H18N4O5/c27-19(14-7-9-15(10-8-14)24-20(28)18-6-3-13-31-18)23-11-12-26-21(29)16-4-1-2-5-17(16)25-22(26)30/h1-10,13H,11-12H2,(H,23,27)(H,24,28)(H,25,30). The molecule has 31 heavy (non-hydrogen) atoms. The molecule has 3 N–H and O–H groups in total. The van der Waals surface area contributed by atoms with E-state index >= 15 is 0 Å². The fourth-order valence-corrected chi connectivity index (χ4v) is 3.09. The Morgan fingerprint density at radius 2 is 1.71 bits per heavy atom. The van der Waals surface area contributed by atoms with E-state index in [0.29, 0.717) is 22.2 Å². The number of H-pyrrole nitrogens is 1. The van der Waals surface area contributed by atoms with Gasteiger partial charge in [-0.2, -0.15) is 0 Å². The lowest BCUT2D eigenvalue weighted by Crippen LogP contribution is -2.39. The van der Waals surface area contributed by atoms with Gasteiger partial charge in [-0.05, 0) is 48.5 Å². The lowest BCUT2D eigenvalue weighted by atomic mass is 10.2. The zero-order chi connectivity index (χ0) is 21.8. The van der Waals surface area contributed by atoms with E-state index < -0.39 is 17.2 Å². The topological polar surface area (TPSA) is 126 Å². The molecule has 2 heterocycles. The Morgan fingerprint density at radius 1 is 0.935 bits per heavy atom. The van der Waals surface area contributed by atoms with Crippen LogP contribution in [0.25, 0.3) is 10.9 Å². The first kappa shape index (κ1) is 19.9. The van der Waals surface area contributed by atoms with Crippen molar-refractivity contribution >= 4 is 28.4 Å². The van der Waals surface area contributed by atoms with Crippen molar-refractivity contribution in [3.63, 3.8) is 0 Å². The Balaban J connectivity index is 1.37. The molecule has 0 atom stereocenters. The first-order valence-electron chi connectivity index (χ1n) is 9.48. The number of hydrogen-bond acceptors (Lipinski definition) is 5. The highest BCUT2D eigenvalue weighted by Gasteiger charge is 2.11. The number of amides is 2. The van der Waals surface area contributed by atoms with Crippen molar-refractivity contribution in [3.05, 3.63) is 99.1 Å². The van der Waals surface area contributed by atoms with Gasteiger partial charge >= 0.3 is 5.69 Å². The summed E-state index contributed by atoms with van der Waals surface area (Å²) in [6, 6.07) is 16.2. The Kier molecular flexibility index (Phi) is 5.48. The lowest BCUT2D eigenvalue weighted by Gasteiger charge is -2.09. The van der Waals surface area contributed by atoms with Gasteiger partial charge in [-0.25, -0.2) is 4.79 Å². The number of rotatable bonds is 6. The number of anilines is 1. The molecule has 0 bridgehead atoms. The number of nitrogens with zero attached hydrogens (tertiary/aromatic N) is 1. The van der Waals surface area contributed by atoms with E-state index in [4.69, 9.17) is 4.42 Å². The zero-order valence-corrected chi connectivity index (χ0v) is 16.3. The molecular weight excluding hydrogens is 400 g/mol. The number of aromatic nitrogens is 2. The number of nitrogens with one attached hydrogen (secondary N) is 3. The molecule has 0 unspecified atom stereocenters. The fraction of sp³-hybridized carbons (Fsp3) is 0.0909. The third-order valence-corrected chi connectivity index (χ3v) is 4.66. The van der Waals surface area contributed by atoms with Crippen LogP contribution in [0.5, 0.6) is 0 Å². The van der Waals surface area contributed by atoms with Gasteiger partial charge in [0.2, 0.25) is 0 Å². The predicted octanol–water partition coefficient (Wildman–Crippen LogP) is 1.97. The van der Waals surface area contributed by atoms with Crippen LogP contribution in [0, 0.1) is 0 Å². The van der Waals surface area contributed by atoms with E-state index in [0.717, 1.165) is 4.57 Å². The average Bonchev–Trinajstić information content (AvgIpc) is 3.31. The van der Waals surface area contributed by atoms with Gasteiger partial charge in [0.15, 0.2) is 5.76 Å². The Labute approximate surface area is 175 Å². The van der Waals surface area contributed by atoms with E-state index in [-0.39, 0.29) is 24.8 Å². The van der Waals surface area contributed by atoms with Crippen LogP contribution >= 0.6 is 0 Å². The lowest BCUT2D eigenvalue weighted by molar-refractivity contribution is 0.0951. The van der Waals surface area contributed by atoms with Crippen molar-refractivity contribution in [1.29, 1.82) is 0 Å². The summed E-state index contributed by atoms with van der Waals surface area (Å²) in [6.45, 7) is 0.124. The van der Waals surface area contributed by atoms with E-state index in [9.17, 15) is 19.2 Å². The number of fused-ring (bicyclic) bond motifs is 1. The second-order valence-electron chi connectivity index (χ2n) is 6.70. The maximum atomic E-state index is 12.5. The van der Waals surface area contributed by atoms with Crippen LogP contribution in [0.2, 0.25) is 0 Å². The summed E-state index contributed by atoms with van der Waals surface area (Å²) in [7, 11) is 0. The highest BCUT2D eigenvalue weighted by molar-refractivity contribution is 6.02. The third-order valence-electron chi connectivity index (χ3n) is 4.66. The molecule has 0 saturated heterocycles. The summed E-state index contributed by atoms with van der Waals surface area (Å²) in [6.07, 6.45) is 1.40.